The highest BCUT2D eigenvalue weighted by Gasteiger charge is 2.32. The average molecular weight is 212 g/mol. The summed E-state index contributed by atoms with van der Waals surface area (Å²) in [6.45, 7) is 3.17. The second-order valence-electron chi connectivity index (χ2n) is 4.25. The van der Waals surface area contributed by atoms with E-state index in [-0.39, 0.29) is 6.61 Å². The Morgan fingerprint density at radius 3 is 2.53 bits per heavy atom. The monoisotopic (exact) mass is 212 g/mol. The van der Waals surface area contributed by atoms with E-state index in [1.165, 1.54) is 7.11 Å². The largest absolute Gasteiger partial charge is 0.496 e. The minimum atomic E-state index is -1.24. The van der Waals surface area contributed by atoms with Crippen LogP contribution in [-0.2, 0) is 0 Å². The lowest BCUT2D eigenvalue weighted by molar-refractivity contribution is 0.0650. The van der Waals surface area contributed by atoms with Crippen LogP contribution < -0.4 is 4.74 Å². The molecule has 0 aliphatic carbocycles. The number of halogens is 1. The summed E-state index contributed by atoms with van der Waals surface area (Å²) in [6.07, 6.45) is -1.24. The van der Waals surface area contributed by atoms with E-state index in [1.807, 2.05) is 0 Å². The molecule has 0 radical (unpaired) electrons. The van der Waals surface area contributed by atoms with Crippen molar-refractivity contribution in [3.05, 3.63) is 29.8 Å². The van der Waals surface area contributed by atoms with Gasteiger partial charge in [0.05, 0.1) is 13.7 Å². The summed E-state index contributed by atoms with van der Waals surface area (Å²) in [7, 11) is 1.51. The van der Waals surface area contributed by atoms with Crippen molar-refractivity contribution in [1.29, 1.82) is 0 Å². The van der Waals surface area contributed by atoms with Crippen LogP contribution in [0, 0.1) is 5.41 Å². The van der Waals surface area contributed by atoms with Gasteiger partial charge in [-0.1, -0.05) is 32.0 Å². The molecule has 0 amide bonds. The molecule has 0 spiro atoms. The average Bonchev–Trinajstić information content (AvgIpc) is 2.28. The molecule has 15 heavy (non-hydrogen) atoms. The lowest BCUT2D eigenvalue weighted by atomic mass is 9.84. The van der Waals surface area contributed by atoms with E-state index in [9.17, 15) is 4.39 Å². The highest BCUT2D eigenvalue weighted by Crippen LogP contribution is 2.40. The van der Waals surface area contributed by atoms with Crippen molar-refractivity contribution < 1.29 is 14.2 Å². The number of benzene rings is 1. The summed E-state index contributed by atoms with van der Waals surface area (Å²) in [5.74, 6) is 0.520. The normalized spacial score (nSPS) is 13.7. The summed E-state index contributed by atoms with van der Waals surface area (Å²) in [6, 6.07) is 6.95. The Morgan fingerprint density at radius 1 is 1.40 bits per heavy atom. The van der Waals surface area contributed by atoms with Gasteiger partial charge in [0.1, 0.15) is 11.9 Å². The molecular formula is C12H17FO2. The third-order valence-electron chi connectivity index (χ3n) is 2.51. The highest BCUT2D eigenvalue weighted by atomic mass is 19.1. The second-order valence-corrected chi connectivity index (χ2v) is 4.25. The third kappa shape index (κ3) is 2.48. The van der Waals surface area contributed by atoms with Crippen molar-refractivity contribution in [3.8, 4) is 5.75 Å². The van der Waals surface area contributed by atoms with E-state index in [4.69, 9.17) is 9.84 Å². The maximum absolute atomic E-state index is 14.1. The minimum absolute atomic E-state index is 0.202. The van der Waals surface area contributed by atoms with Gasteiger partial charge in [0, 0.05) is 11.0 Å². The standard InChI is InChI=1S/C12H17FO2/c1-12(2,8-14)11(13)9-6-4-5-7-10(9)15-3/h4-7,11,14H,8H2,1-3H3. The Labute approximate surface area is 89.7 Å². The van der Waals surface area contributed by atoms with E-state index < -0.39 is 11.6 Å². The number of aliphatic hydroxyl groups excluding tert-OH is 1. The number of aliphatic hydroxyl groups is 1. The van der Waals surface area contributed by atoms with Gasteiger partial charge < -0.3 is 9.84 Å². The molecule has 1 aromatic carbocycles. The number of hydrogen-bond acceptors (Lipinski definition) is 2. The minimum Gasteiger partial charge on any atom is -0.496 e. The van der Waals surface area contributed by atoms with Crippen LogP contribution in [0.2, 0.25) is 0 Å². The first-order valence-corrected chi connectivity index (χ1v) is 4.91. The van der Waals surface area contributed by atoms with Crippen molar-refractivity contribution in [2.24, 2.45) is 5.41 Å². The quantitative estimate of drug-likeness (QED) is 0.831. The first kappa shape index (κ1) is 12.0. The fourth-order valence-corrected chi connectivity index (χ4v) is 1.38. The molecule has 0 heterocycles. The van der Waals surface area contributed by atoms with Gasteiger partial charge in [0.2, 0.25) is 0 Å². The summed E-state index contributed by atoms with van der Waals surface area (Å²) in [4.78, 5) is 0. The predicted octanol–water partition coefficient (Wildman–Crippen LogP) is 2.72. The first-order valence-electron chi connectivity index (χ1n) is 4.91. The topological polar surface area (TPSA) is 29.5 Å². The third-order valence-corrected chi connectivity index (χ3v) is 2.51. The van der Waals surface area contributed by atoms with Gasteiger partial charge in [-0.05, 0) is 6.07 Å². The number of methoxy groups -OCH3 is 1. The first-order chi connectivity index (χ1) is 7.03. The van der Waals surface area contributed by atoms with Gasteiger partial charge in [0.15, 0.2) is 0 Å². The zero-order valence-corrected chi connectivity index (χ0v) is 9.33. The van der Waals surface area contributed by atoms with E-state index in [0.29, 0.717) is 11.3 Å². The summed E-state index contributed by atoms with van der Waals surface area (Å²) >= 11 is 0. The molecule has 3 heteroatoms. The Kier molecular flexibility index (Phi) is 3.69. The molecule has 2 nitrogen and oxygen atoms in total. The van der Waals surface area contributed by atoms with Crippen molar-refractivity contribution in [1.82, 2.24) is 0 Å². The number of alkyl halides is 1. The van der Waals surface area contributed by atoms with E-state index in [2.05, 4.69) is 0 Å². The molecule has 1 atom stereocenters. The Morgan fingerprint density at radius 2 is 2.00 bits per heavy atom. The fraction of sp³-hybridized carbons (Fsp3) is 0.500. The van der Waals surface area contributed by atoms with Gasteiger partial charge in [0.25, 0.3) is 0 Å². The highest BCUT2D eigenvalue weighted by molar-refractivity contribution is 5.35. The smallest absolute Gasteiger partial charge is 0.136 e. The molecular weight excluding hydrogens is 195 g/mol. The van der Waals surface area contributed by atoms with Crippen molar-refractivity contribution in [2.45, 2.75) is 20.0 Å². The summed E-state index contributed by atoms with van der Waals surface area (Å²) in [5, 5.41) is 9.11. The summed E-state index contributed by atoms with van der Waals surface area (Å²) < 4.78 is 19.2. The maximum Gasteiger partial charge on any atom is 0.136 e. The van der Waals surface area contributed by atoms with Gasteiger partial charge in [-0.25, -0.2) is 4.39 Å². The molecule has 0 aliphatic rings. The molecule has 1 unspecified atom stereocenters. The Bertz CT molecular complexity index is 323. The van der Waals surface area contributed by atoms with Crippen LogP contribution in [0.4, 0.5) is 4.39 Å². The van der Waals surface area contributed by atoms with Gasteiger partial charge in [-0.2, -0.15) is 0 Å². The zero-order valence-electron chi connectivity index (χ0n) is 9.33. The van der Waals surface area contributed by atoms with E-state index >= 15 is 0 Å². The number of rotatable bonds is 4. The molecule has 0 aliphatic heterocycles. The van der Waals surface area contributed by atoms with Crippen LogP contribution in [0.5, 0.6) is 5.75 Å². The maximum atomic E-state index is 14.1. The van der Waals surface area contributed by atoms with Gasteiger partial charge in [-0.15, -0.1) is 0 Å². The lowest BCUT2D eigenvalue weighted by Crippen LogP contribution is -2.23. The molecule has 0 saturated carbocycles. The van der Waals surface area contributed by atoms with E-state index in [1.54, 1.807) is 38.1 Å². The molecule has 0 saturated heterocycles. The molecule has 0 fully saturated rings. The van der Waals surface area contributed by atoms with Crippen LogP contribution >= 0.6 is 0 Å². The summed E-state index contributed by atoms with van der Waals surface area (Å²) in [5.41, 5.74) is -0.312. The number of para-hydroxylation sites is 1. The van der Waals surface area contributed by atoms with Crippen LogP contribution in [0.25, 0.3) is 0 Å². The molecule has 1 aromatic rings. The van der Waals surface area contributed by atoms with Crippen LogP contribution in [0.3, 0.4) is 0 Å². The van der Waals surface area contributed by atoms with Gasteiger partial charge >= 0.3 is 0 Å². The number of hydrogen-bond donors (Lipinski definition) is 1. The lowest BCUT2D eigenvalue weighted by Gasteiger charge is -2.27. The zero-order chi connectivity index (χ0) is 11.5. The van der Waals surface area contributed by atoms with Gasteiger partial charge in [-0.3, -0.25) is 0 Å². The van der Waals surface area contributed by atoms with Crippen LogP contribution in [-0.4, -0.2) is 18.8 Å². The molecule has 84 valence electrons. The van der Waals surface area contributed by atoms with E-state index in [0.717, 1.165) is 0 Å². The SMILES string of the molecule is COc1ccccc1C(F)C(C)(C)CO. The van der Waals surface area contributed by atoms with Crippen molar-refractivity contribution >= 4 is 0 Å². The molecule has 0 aromatic heterocycles. The fourth-order valence-electron chi connectivity index (χ4n) is 1.38. The Hall–Kier alpha value is -1.09. The Balaban J connectivity index is 3.05. The number of ether oxygens (including phenoxy) is 1. The molecule has 0 bridgehead atoms. The van der Waals surface area contributed by atoms with Crippen LogP contribution in [0.15, 0.2) is 24.3 Å². The van der Waals surface area contributed by atoms with Crippen molar-refractivity contribution in [2.75, 3.05) is 13.7 Å². The molecule has 1 rings (SSSR count). The second kappa shape index (κ2) is 4.62. The molecule has 1 N–H and O–H groups in total. The van der Waals surface area contributed by atoms with Crippen LogP contribution in [0.1, 0.15) is 25.6 Å². The van der Waals surface area contributed by atoms with Crippen molar-refractivity contribution in [3.63, 3.8) is 0 Å². The predicted molar refractivity (Wildman–Crippen MR) is 57.7 cm³/mol.